The quantitative estimate of drug-likeness (QED) is 0.494. The third-order valence-corrected chi connectivity index (χ3v) is 5.11. The van der Waals surface area contributed by atoms with Crippen molar-refractivity contribution in [2.45, 2.75) is 30.9 Å². The summed E-state index contributed by atoms with van der Waals surface area (Å²) in [5, 5.41) is 20.2. The molecule has 0 bridgehead atoms. The van der Waals surface area contributed by atoms with Crippen molar-refractivity contribution < 1.29 is 24.5 Å². The van der Waals surface area contributed by atoms with E-state index in [-0.39, 0.29) is 11.3 Å². The summed E-state index contributed by atoms with van der Waals surface area (Å²) in [6, 6.07) is 9.21. The monoisotopic (exact) mass is 388 g/mol. The number of aromatic hydroxyl groups is 1. The number of thioether (sulfide) groups is 1. The van der Waals surface area contributed by atoms with Crippen LogP contribution in [0.2, 0.25) is 0 Å². The standard InChI is InChI=1S/C21H24O5S/c1-13(2)5-10-17-18(26-4)11-14(19(20(17)22)21(23)24)12-27-16-8-6-15(25-3)7-9-16/h5-9,11,22H,10,12H2,1-4H3,(H,23,24). The van der Waals surface area contributed by atoms with Crippen molar-refractivity contribution in [1.82, 2.24) is 0 Å². The molecule has 0 atom stereocenters. The minimum absolute atomic E-state index is 0.0750. The summed E-state index contributed by atoms with van der Waals surface area (Å²) in [5.74, 6) is 0.248. The third kappa shape index (κ3) is 5.20. The second-order valence-corrected chi connectivity index (χ2v) is 7.24. The highest BCUT2D eigenvalue weighted by Crippen LogP contribution is 2.38. The minimum Gasteiger partial charge on any atom is -0.507 e. The fourth-order valence-electron chi connectivity index (χ4n) is 2.61. The van der Waals surface area contributed by atoms with E-state index in [2.05, 4.69) is 0 Å². The minimum atomic E-state index is -1.15. The summed E-state index contributed by atoms with van der Waals surface area (Å²) in [7, 11) is 3.12. The molecule has 0 spiro atoms. The maximum Gasteiger partial charge on any atom is 0.339 e. The van der Waals surface area contributed by atoms with E-state index in [1.165, 1.54) is 18.9 Å². The van der Waals surface area contributed by atoms with E-state index >= 15 is 0 Å². The molecule has 6 heteroatoms. The normalized spacial score (nSPS) is 10.4. The topological polar surface area (TPSA) is 76.0 Å². The molecule has 0 saturated carbocycles. The van der Waals surface area contributed by atoms with Gasteiger partial charge in [-0.1, -0.05) is 11.6 Å². The molecule has 27 heavy (non-hydrogen) atoms. The lowest BCUT2D eigenvalue weighted by molar-refractivity contribution is 0.0692. The van der Waals surface area contributed by atoms with Crippen molar-refractivity contribution in [2.75, 3.05) is 14.2 Å². The summed E-state index contributed by atoms with van der Waals surface area (Å²) in [4.78, 5) is 12.8. The van der Waals surface area contributed by atoms with E-state index in [1.54, 1.807) is 13.2 Å². The molecule has 144 valence electrons. The first kappa shape index (κ1) is 20.7. The van der Waals surface area contributed by atoms with Crippen LogP contribution in [0.4, 0.5) is 0 Å². The number of carbonyl (C=O) groups is 1. The Labute approximate surface area is 163 Å². The second kappa shape index (κ2) is 9.37. The molecule has 0 heterocycles. The SMILES string of the molecule is COc1ccc(SCc2cc(OC)c(CC=C(C)C)c(O)c2C(=O)O)cc1. The Hall–Kier alpha value is -2.60. The van der Waals surface area contributed by atoms with Gasteiger partial charge >= 0.3 is 5.97 Å². The van der Waals surface area contributed by atoms with Crippen LogP contribution in [0.5, 0.6) is 17.2 Å². The Balaban J connectivity index is 2.37. The molecule has 2 N–H and O–H groups in total. The smallest absolute Gasteiger partial charge is 0.339 e. The first-order valence-corrected chi connectivity index (χ1v) is 9.41. The van der Waals surface area contributed by atoms with E-state index in [1.807, 2.05) is 44.2 Å². The molecule has 0 saturated heterocycles. The van der Waals surface area contributed by atoms with Gasteiger partial charge in [0.05, 0.1) is 14.2 Å². The zero-order valence-electron chi connectivity index (χ0n) is 15.9. The molecule has 0 aliphatic rings. The maximum atomic E-state index is 11.8. The number of carboxylic acid groups (broad SMARTS) is 1. The van der Waals surface area contributed by atoms with Gasteiger partial charge in [-0.3, -0.25) is 0 Å². The molecule has 2 aromatic rings. The van der Waals surface area contributed by atoms with Gasteiger partial charge in [-0.2, -0.15) is 0 Å². The number of methoxy groups -OCH3 is 2. The number of aromatic carboxylic acids is 1. The van der Waals surface area contributed by atoms with Gasteiger partial charge in [0.1, 0.15) is 22.8 Å². The van der Waals surface area contributed by atoms with Crippen molar-refractivity contribution in [3.05, 3.63) is 58.7 Å². The summed E-state index contributed by atoms with van der Waals surface area (Å²) >= 11 is 1.48. The van der Waals surface area contributed by atoms with Crippen molar-refractivity contribution in [3.63, 3.8) is 0 Å². The van der Waals surface area contributed by atoms with E-state index < -0.39 is 5.97 Å². The fraction of sp³-hybridized carbons (Fsp3) is 0.286. The van der Waals surface area contributed by atoms with Gasteiger partial charge in [-0.25, -0.2) is 4.79 Å². The number of phenols is 1. The van der Waals surface area contributed by atoms with Gasteiger partial charge in [-0.05, 0) is 56.2 Å². The first-order chi connectivity index (χ1) is 12.9. The van der Waals surface area contributed by atoms with Crippen LogP contribution in [0.25, 0.3) is 0 Å². The molecule has 2 aromatic carbocycles. The van der Waals surface area contributed by atoms with Gasteiger partial charge in [0.2, 0.25) is 0 Å². The average molecular weight is 388 g/mol. The number of allylic oxidation sites excluding steroid dienone is 2. The van der Waals surface area contributed by atoms with Crippen LogP contribution >= 0.6 is 11.8 Å². The van der Waals surface area contributed by atoms with E-state index in [4.69, 9.17) is 9.47 Å². The van der Waals surface area contributed by atoms with Gasteiger partial charge in [0.15, 0.2) is 0 Å². The summed E-state index contributed by atoms with van der Waals surface area (Å²) in [5.41, 5.74) is 1.99. The number of ether oxygens (including phenoxy) is 2. The first-order valence-electron chi connectivity index (χ1n) is 8.42. The number of benzene rings is 2. The lowest BCUT2D eigenvalue weighted by Crippen LogP contribution is -2.06. The van der Waals surface area contributed by atoms with Gasteiger partial charge in [-0.15, -0.1) is 11.8 Å². The van der Waals surface area contributed by atoms with Gasteiger partial charge in [0, 0.05) is 16.2 Å². The van der Waals surface area contributed by atoms with Crippen LogP contribution in [0.1, 0.15) is 35.3 Å². The molecule has 0 radical (unpaired) electrons. The van der Waals surface area contributed by atoms with Crippen LogP contribution in [-0.2, 0) is 12.2 Å². The zero-order valence-corrected chi connectivity index (χ0v) is 16.7. The van der Waals surface area contributed by atoms with E-state index in [0.29, 0.717) is 29.1 Å². The Morgan fingerprint density at radius 3 is 2.33 bits per heavy atom. The Morgan fingerprint density at radius 2 is 1.81 bits per heavy atom. The average Bonchev–Trinajstić information content (AvgIpc) is 2.64. The lowest BCUT2D eigenvalue weighted by atomic mass is 9.99. The van der Waals surface area contributed by atoms with Gasteiger partial charge < -0.3 is 19.7 Å². The fourth-order valence-corrected chi connectivity index (χ4v) is 3.49. The molecule has 5 nitrogen and oxygen atoms in total. The molecule has 0 aliphatic carbocycles. The molecule has 0 amide bonds. The van der Waals surface area contributed by atoms with Crippen LogP contribution in [0.15, 0.2) is 46.9 Å². The third-order valence-electron chi connectivity index (χ3n) is 4.05. The van der Waals surface area contributed by atoms with E-state index in [9.17, 15) is 15.0 Å². The summed E-state index contributed by atoms with van der Waals surface area (Å²) in [6.45, 7) is 3.89. The van der Waals surface area contributed by atoms with Crippen molar-refractivity contribution >= 4 is 17.7 Å². The van der Waals surface area contributed by atoms with Crippen molar-refractivity contribution in [2.24, 2.45) is 0 Å². The van der Waals surface area contributed by atoms with Crippen LogP contribution in [0, 0.1) is 0 Å². The Kier molecular flexibility index (Phi) is 7.19. The molecule has 2 rings (SSSR count). The number of carboxylic acids is 1. The highest BCUT2D eigenvalue weighted by atomic mass is 32.2. The van der Waals surface area contributed by atoms with E-state index in [0.717, 1.165) is 16.2 Å². The summed E-state index contributed by atoms with van der Waals surface area (Å²) in [6.07, 6.45) is 2.33. The highest BCUT2D eigenvalue weighted by Gasteiger charge is 2.22. The van der Waals surface area contributed by atoms with Crippen LogP contribution in [-0.4, -0.2) is 30.4 Å². The predicted octanol–water partition coefficient (Wildman–Crippen LogP) is 4.91. The molecule has 0 aliphatic heterocycles. The zero-order chi connectivity index (χ0) is 20.0. The molecule has 0 unspecified atom stereocenters. The molecule has 0 fully saturated rings. The Morgan fingerprint density at radius 1 is 1.15 bits per heavy atom. The Bertz CT molecular complexity index is 837. The lowest BCUT2D eigenvalue weighted by Gasteiger charge is -2.16. The molecular weight excluding hydrogens is 364 g/mol. The second-order valence-electron chi connectivity index (χ2n) is 6.20. The summed E-state index contributed by atoms with van der Waals surface area (Å²) < 4.78 is 10.5. The molecular formula is C21H24O5S. The van der Waals surface area contributed by atoms with Crippen LogP contribution < -0.4 is 9.47 Å². The highest BCUT2D eigenvalue weighted by molar-refractivity contribution is 7.98. The van der Waals surface area contributed by atoms with Crippen molar-refractivity contribution in [3.8, 4) is 17.2 Å². The number of hydrogen-bond donors (Lipinski definition) is 2. The number of rotatable bonds is 8. The number of hydrogen-bond acceptors (Lipinski definition) is 5. The largest absolute Gasteiger partial charge is 0.507 e. The van der Waals surface area contributed by atoms with Crippen LogP contribution in [0.3, 0.4) is 0 Å². The van der Waals surface area contributed by atoms with Crippen molar-refractivity contribution in [1.29, 1.82) is 0 Å². The van der Waals surface area contributed by atoms with Gasteiger partial charge in [0.25, 0.3) is 0 Å². The maximum absolute atomic E-state index is 11.8. The molecule has 0 aromatic heterocycles. The predicted molar refractivity (Wildman–Crippen MR) is 107 cm³/mol.